The zero-order chi connectivity index (χ0) is 18.5. The molecule has 0 aliphatic heterocycles. The van der Waals surface area contributed by atoms with Crippen molar-refractivity contribution < 1.29 is 9.23 Å². The Morgan fingerprint density at radius 3 is 2.73 bits per heavy atom. The highest BCUT2D eigenvalue weighted by atomic mass is 19.1. The van der Waals surface area contributed by atoms with E-state index in [1.54, 1.807) is 18.3 Å². The summed E-state index contributed by atoms with van der Waals surface area (Å²) in [5.41, 5.74) is 4.94. The van der Waals surface area contributed by atoms with Crippen LogP contribution >= 0.6 is 0 Å². The molecular formula is C21H18FN3O. The Bertz CT molecular complexity index is 999. The van der Waals surface area contributed by atoms with E-state index in [9.17, 15) is 4.39 Å². The van der Waals surface area contributed by atoms with Crippen LogP contribution in [0.25, 0.3) is 5.69 Å². The number of nitrogens with zero attached hydrogens (tertiary/aromatic N) is 3. The fraction of sp³-hybridized carbons (Fsp3) is 0.143. The third-order valence-corrected chi connectivity index (χ3v) is 4.16. The highest BCUT2D eigenvalue weighted by Crippen LogP contribution is 2.20. The summed E-state index contributed by atoms with van der Waals surface area (Å²) in [4.78, 5) is 5.34. The second-order valence-electron chi connectivity index (χ2n) is 5.92. The van der Waals surface area contributed by atoms with Gasteiger partial charge in [0.05, 0.1) is 17.8 Å². The second-order valence-corrected chi connectivity index (χ2v) is 5.92. The Balaban J connectivity index is 1.76. The lowest BCUT2D eigenvalue weighted by Gasteiger charge is -2.09. The summed E-state index contributed by atoms with van der Waals surface area (Å²) < 4.78 is 15.5. The van der Waals surface area contributed by atoms with E-state index in [-0.39, 0.29) is 12.4 Å². The van der Waals surface area contributed by atoms with Gasteiger partial charge in [-0.25, -0.2) is 4.39 Å². The van der Waals surface area contributed by atoms with E-state index >= 15 is 0 Å². The molecule has 5 heteroatoms. The molecule has 0 unspecified atom stereocenters. The molecule has 0 N–H and O–H groups in total. The minimum Gasteiger partial charge on any atom is -0.391 e. The highest BCUT2D eigenvalue weighted by molar-refractivity contribution is 5.81. The molecule has 1 heterocycles. The minimum atomic E-state index is -0.273. The monoisotopic (exact) mass is 347 g/mol. The van der Waals surface area contributed by atoms with Gasteiger partial charge in [-0.15, -0.1) is 0 Å². The van der Waals surface area contributed by atoms with Crippen molar-refractivity contribution in [1.82, 2.24) is 4.57 Å². The molecule has 3 rings (SSSR count). The second kappa shape index (κ2) is 7.66. The number of benzene rings is 2. The molecule has 0 spiro atoms. The van der Waals surface area contributed by atoms with E-state index in [0.717, 1.165) is 28.2 Å². The normalized spacial score (nSPS) is 10.8. The summed E-state index contributed by atoms with van der Waals surface area (Å²) in [6.07, 6.45) is 1.63. The lowest BCUT2D eigenvalue weighted by molar-refractivity contribution is 0.132. The van der Waals surface area contributed by atoms with Crippen LogP contribution in [0.2, 0.25) is 0 Å². The van der Waals surface area contributed by atoms with E-state index in [1.807, 2.05) is 48.7 Å². The molecule has 1 aromatic heterocycles. The molecule has 0 radical (unpaired) electrons. The summed E-state index contributed by atoms with van der Waals surface area (Å²) in [7, 11) is 0. The van der Waals surface area contributed by atoms with Gasteiger partial charge in [0.25, 0.3) is 0 Å². The number of aromatic nitrogens is 1. The maximum Gasteiger partial charge on any atom is 0.143 e. The molecule has 0 atom stereocenters. The smallest absolute Gasteiger partial charge is 0.143 e. The zero-order valence-electron chi connectivity index (χ0n) is 14.6. The highest BCUT2D eigenvalue weighted by Gasteiger charge is 2.10. The Labute approximate surface area is 151 Å². The molecule has 0 aliphatic rings. The molecule has 130 valence electrons. The van der Waals surface area contributed by atoms with Gasteiger partial charge in [-0.3, -0.25) is 0 Å². The first-order valence-electron chi connectivity index (χ1n) is 8.18. The molecule has 3 aromatic rings. The van der Waals surface area contributed by atoms with Crippen molar-refractivity contribution >= 4 is 6.21 Å². The van der Waals surface area contributed by atoms with Crippen molar-refractivity contribution in [3.63, 3.8) is 0 Å². The Morgan fingerprint density at radius 1 is 1.15 bits per heavy atom. The third-order valence-electron chi connectivity index (χ3n) is 4.16. The van der Waals surface area contributed by atoms with Crippen LogP contribution in [0.5, 0.6) is 0 Å². The van der Waals surface area contributed by atoms with Gasteiger partial charge < -0.3 is 9.40 Å². The van der Waals surface area contributed by atoms with E-state index in [0.29, 0.717) is 5.56 Å². The van der Waals surface area contributed by atoms with Gasteiger partial charge in [0, 0.05) is 28.2 Å². The van der Waals surface area contributed by atoms with Gasteiger partial charge in [0.15, 0.2) is 0 Å². The zero-order valence-corrected chi connectivity index (χ0v) is 14.6. The molecule has 0 saturated carbocycles. The van der Waals surface area contributed by atoms with Gasteiger partial charge >= 0.3 is 0 Å². The van der Waals surface area contributed by atoms with Crippen LogP contribution in [0.3, 0.4) is 0 Å². The molecule has 2 aromatic carbocycles. The molecule has 0 amide bonds. The maximum atomic E-state index is 13.5. The van der Waals surface area contributed by atoms with Crippen molar-refractivity contribution in [2.45, 2.75) is 20.5 Å². The summed E-state index contributed by atoms with van der Waals surface area (Å²) in [6, 6.07) is 17.8. The minimum absolute atomic E-state index is 0.225. The molecular weight excluding hydrogens is 329 g/mol. The predicted octanol–water partition coefficient (Wildman–Crippen LogP) is 4.66. The summed E-state index contributed by atoms with van der Waals surface area (Å²) in [5, 5.41) is 13.1. The summed E-state index contributed by atoms with van der Waals surface area (Å²) in [5.74, 6) is -0.273. The Hall–Kier alpha value is -3.39. The molecule has 26 heavy (non-hydrogen) atoms. The molecule has 4 nitrogen and oxygen atoms in total. The standard InChI is InChI=1S/C21H18FN3O/c1-15-10-19(16(2)25(15)21-9-5-8-20(22)11-21)13-24-26-14-18-7-4-3-6-17(18)12-23/h3-11,13H,14H2,1-2H3/b24-13-. The number of hydrogen-bond acceptors (Lipinski definition) is 3. The molecule has 0 bridgehead atoms. The average Bonchev–Trinajstić information content (AvgIpc) is 2.92. The van der Waals surface area contributed by atoms with Gasteiger partial charge in [-0.1, -0.05) is 29.4 Å². The van der Waals surface area contributed by atoms with Crippen molar-refractivity contribution in [2.24, 2.45) is 5.16 Å². The Morgan fingerprint density at radius 2 is 1.96 bits per heavy atom. The van der Waals surface area contributed by atoms with Crippen LogP contribution < -0.4 is 0 Å². The SMILES string of the molecule is Cc1cc(/C=N\OCc2ccccc2C#N)c(C)n1-c1cccc(F)c1. The first kappa shape index (κ1) is 17.4. The van der Waals surface area contributed by atoms with Crippen LogP contribution in [-0.4, -0.2) is 10.8 Å². The maximum absolute atomic E-state index is 13.5. The Kier molecular flexibility index (Phi) is 5.14. The van der Waals surface area contributed by atoms with Crippen LogP contribution in [-0.2, 0) is 11.4 Å². The quantitative estimate of drug-likeness (QED) is 0.498. The lowest BCUT2D eigenvalue weighted by Crippen LogP contribution is -2.00. The number of aryl methyl sites for hydroxylation is 1. The van der Waals surface area contributed by atoms with Gasteiger partial charge in [-0.2, -0.15) is 5.26 Å². The van der Waals surface area contributed by atoms with Gasteiger partial charge in [0.2, 0.25) is 0 Å². The van der Waals surface area contributed by atoms with Gasteiger partial charge in [-0.05, 0) is 44.2 Å². The number of nitriles is 1. The lowest BCUT2D eigenvalue weighted by atomic mass is 10.1. The summed E-state index contributed by atoms with van der Waals surface area (Å²) >= 11 is 0. The first-order chi connectivity index (χ1) is 12.6. The molecule has 0 saturated heterocycles. The number of hydrogen-bond donors (Lipinski definition) is 0. The number of halogens is 1. The number of oxime groups is 1. The van der Waals surface area contributed by atoms with E-state index < -0.39 is 0 Å². The van der Waals surface area contributed by atoms with E-state index in [1.165, 1.54) is 12.1 Å². The van der Waals surface area contributed by atoms with Gasteiger partial charge in [0.1, 0.15) is 12.4 Å². The largest absolute Gasteiger partial charge is 0.391 e. The summed E-state index contributed by atoms with van der Waals surface area (Å²) in [6.45, 7) is 4.13. The van der Waals surface area contributed by atoms with Crippen LogP contribution in [0, 0.1) is 31.0 Å². The van der Waals surface area contributed by atoms with Crippen molar-refractivity contribution in [3.05, 3.63) is 88.5 Å². The predicted molar refractivity (Wildman–Crippen MR) is 98.7 cm³/mol. The first-order valence-corrected chi connectivity index (χ1v) is 8.18. The van der Waals surface area contributed by atoms with E-state index in [2.05, 4.69) is 11.2 Å². The number of rotatable bonds is 5. The topological polar surface area (TPSA) is 50.3 Å². The fourth-order valence-corrected chi connectivity index (χ4v) is 2.89. The van der Waals surface area contributed by atoms with Crippen molar-refractivity contribution in [2.75, 3.05) is 0 Å². The fourth-order valence-electron chi connectivity index (χ4n) is 2.89. The third kappa shape index (κ3) is 3.65. The van der Waals surface area contributed by atoms with Crippen molar-refractivity contribution in [3.8, 4) is 11.8 Å². The molecule has 0 aliphatic carbocycles. The van der Waals surface area contributed by atoms with Crippen LogP contribution in [0.4, 0.5) is 4.39 Å². The van der Waals surface area contributed by atoms with Crippen molar-refractivity contribution in [1.29, 1.82) is 5.26 Å². The van der Waals surface area contributed by atoms with Crippen LogP contribution in [0.15, 0.2) is 59.8 Å². The van der Waals surface area contributed by atoms with E-state index in [4.69, 9.17) is 10.1 Å². The average molecular weight is 347 g/mol. The molecule has 0 fully saturated rings. The van der Waals surface area contributed by atoms with Crippen LogP contribution in [0.1, 0.15) is 28.1 Å².